The van der Waals surface area contributed by atoms with Gasteiger partial charge in [-0.3, -0.25) is 0 Å². The van der Waals surface area contributed by atoms with E-state index in [2.05, 4.69) is 0 Å². The molecule has 0 fully saturated rings. The first-order valence-corrected chi connectivity index (χ1v) is 9.60. The van der Waals surface area contributed by atoms with Crippen molar-refractivity contribution in [1.29, 1.82) is 0 Å². The number of para-hydroxylation sites is 3. The maximum absolute atomic E-state index is 12.6. The number of benzene rings is 2. The molecular weight excluding hydrogens is 398 g/mol. The lowest BCUT2D eigenvalue weighted by Gasteiger charge is -2.25. The molecule has 160 valence electrons. The van der Waals surface area contributed by atoms with E-state index in [-0.39, 0.29) is 17.9 Å². The van der Waals surface area contributed by atoms with Gasteiger partial charge in [-0.25, -0.2) is 9.59 Å². The van der Waals surface area contributed by atoms with Gasteiger partial charge in [0.2, 0.25) is 0 Å². The minimum absolute atomic E-state index is 0.0240. The molecule has 1 heterocycles. The van der Waals surface area contributed by atoms with Crippen LogP contribution in [-0.2, 0) is 19.1 Å². The summed E-state index contributed by atoms with van der Waals surface area (Å²) >= 11 is 0. The molecule has 7 nitrogen and oxygen atoms in total. The molecule has 0 amide bonds. The Morgan fingerprint density at radius 2 is 1.48 bits per heavy atom. The molecule has 2 aromatic rings. The predicted molar refractivity (Wildman–Crippen MR) is 116 cm³/mol. The number of carbonyl (C=O) groups excluding carboxylic acids is 2. The zero-order valence-electron chi connectivity index (χ0n) is 17.3. The Labute approximate surface area is 180 Å². The van der Waals surface area contributed by atoms with Crippen molar-refractivity contribution in [3.63, 3.8) is 0 Å². The summed E-state index contributed by atoms with van der Waals surface area (Å²) in [5.41, 5.74) is 0.654. The summed E-state index contributed by atoms with van der Waals surface area (Å²) < 4.78 is 21.4. The summed E-state index contributed by atoms with van der Waals surface area (Å²) in [7, 11) is 2.51. The van der Waals surface area contributed by atoms with Gasteiger partial charge in [0, 0.05) is 6.20 Å². The fourth-order valence-electron chi connectivity index (χ4n) is 2.96. The average Bonchev–Trinajstić information content (AvgIpc) is 3.05. The van der Waals surface area contributed by atoms with Crippen LogP contribution in [0.25, 0.3) is 0 Å². The molecular formula is C24H23NO6. The number of hydrogen-bond donors (Lipinski definition) is 0. The third-order valence-electron chi connectivity index (χ3n) is 4.37. The summed E-state index contributed by atoms with van der Waals surface area (Å²) in [4.78, 5) is 26.5. The number of methoxy groups -OCH3 is 2. The summed E-state index contributed by atoms with van der Waals surface area (Å²) in [6, 6.07) is 16.6. The minimum atomic E-state index is -0.682. The molecule has 1 aliphatic heterocycles. The Kier molecular flexibility index (Phi) is 7.48. The monoisotopic (exact) mass is 421 g/mol. The summed E-state index contributed by atoms with van der Waals surface area (Å²) in [5, 5.41) is 0. The highest BCUT2D eigenvalue weighted by atomic mass is 16.5. The molecule has 0 N–H and O–H groups in total. The van der Waals surface area contributed by atoms with Crippen molar-refractivity contribution in [1.82, 2.24) is 0 Å². The smallest absolute Gasteiger partial charge is 0.355 e. The summed E-state index contributed by atoms with van der Waals surface area (Å²) in [6.07, 6.45) is 6.51. The first-order valence-electron chi connectivity index (χ1n) is 9.60. The Morgan fingerprint density at radius 1 is 0.806 bits per heavy atom. The van der Waals surface area contributed by atoms with Gasteiger partial charge in [-0.1, -0.05) is 36.4 Å². The van der Waals surface area contributed by atoms with E-state index in [0.29, 0.717) is 18.0 Å². The lowest BCUT2D eigenvalue weighted by molar-refractivity contribution is -0.139. The maximum Gasteiger partial charge on any atom is 0.355 e. The molecule has 0 saturated heterocycles. The van der Waals surface area contributed by atoms with Gasteiger partial charge in [-0.2, -0.15) is 0 Å². The third-order valence-corrected chi connectivity index (χ3v) is 4.37. The molecule has 7 heteroatoms. The second kappa shape index (κ2) is 10.7. The van der Waals surface area contributed by atoms with Crippen LogP contribution >= 0.6 is 0 Å². The molecule has 0 bridgehead atoms. The van der Waals surface area contributed by atoms with Crippen molar-refractivity contribution < 1.29 is 28.5 Å². The van der Waals surface area contributed by atoms with E-state index < -0.39 is 11.9 Å². The number of hydrogen-bond acceptors (Lipinski definition) is 7. The van der Waals surface area contributed by atoms with Crippen LogP contribution in [0.1, 0.15) is 0 Å². The van der Waals surface area contributed by atoms with Crippen LogP contribution in [0.5, 0.6) is 11.5 Å². The van der Waals surface area contributed by atoms with E-state index in [4.69, 9.17) is 18.9 Å². The molecule has 0 saturated carbocycles. The van der Waals surface area contributed by atoms with E-state index in [1.54, 1.807) is 35.4 Å². The van der Waals surface area contributed by atoms with E-state index in [1.165, 1.54) is 20.3 Å². The van der Waals surface area contributed by atoms with Gasteiger partial charge in [-0.15, -0.1) is 0 Å². The minimum Gasteiger partial charge on any atom is -0.490 e. The molecule has 0 spiro atoms. The average molecular weight is 421 g/mol. The van der Waals surface area contributed by atoms with Crippen molar-refractivity contribution in [2.45, 2.75) is 0 Å². The first kappa shape index (κ1) is 21.7. The topological polar surface area (TPSA) is 74.3 Å². The van der Waals surface area contributed by atoms with E-state index in [9.17, 15) is 9.59 Å². The Morgan fingerprint density at radius 3 is 2.23 bits per heavy atom. The molecule has 0 unspecified atom stereocenters. The van der Waals surface area contributed by atoms with E-state index in [1.807, 2.05) is 42.5 Å². The van der Waals surface area contributed by atoms with E-state index in [0.717, 1.165) is 5.75 Å². The number of carbonyl (C=O) groups is 2. The molecule has 31 heavy (non-hydrogen) atoms. The molecule has 0 aromatic heterocycles. The number of rotatable bonds is 8. The highest BCUT2D eigenvalue weighted by molar-refractivity contribution is 6.05. The van der Waals surface area contributed by atoms with Crippen LogP contribution < -0.4 is 14.4 Å². The molecule has 0 atom stereocenters. The highest BCUT2D eigenvalue weighted by Crippen LogP contribution is 2.33. The quantitative estimate of drug-likeness (QED) is 0.476. The van der Waals surface area contributed by atoms with Crippen molar-refractivity contribution in [3.05, 3.63) is 90.3 Å². The fourth-order valence-corrected chi connectivity index (χ4v) is 2.96. The van der Waals surface area contributed by atoms with Crippen LogP contribution in [0.4, 0.5) is 5.69 Å². The van der Waals surface area contributed by atoms with Gasteiger partial charge >= 0.3 is 11.9 Å². The maximum atomic E-state index is 12.6. The molecule has 0 radical (unpaired) electrons. The van der Waals surface area contributed by atoms with Gasteiger partial charge in [0.15, 0.2) is 0 Å². The number of ether oxygens (including phenoxy) is 4. The Balaban J connectivity index is 1.86. The van der Waals surface area contributed by atoms with Crippen LogP contribution in [0.15, 0.2) is 90.3 Å². The van der Waals surface area contributed by atoms with Crippen molar-refractivity contribution in [2.24, 2.45) is 0 Å². The van der Waals surface area contributed by atoms with Gasteiger partial charge < -0.3 is 23.8 Å². The SMILES string of the molecule is COC(=O)C1=C(C(=O)OC)N(c2ccccc2OCCOc2ccccc2)C=CC=C1. The van der Waals surface area contributed by atoms with E-state index >= 15 is 0 Å². The molecule has 0 aliphatic carbocycles. The number of allylic oxidation sites excluding steroid dienone is 2. The van der Waals surface area contributed by atoms with Gasteiger partial charge in [-0.05, 0) is 36.4 Å². The van der Waals surface area contributed by atoms with Gasteiger partial charge in [0.25, 0.3) is 0 Å². The molecule has 1 aliphatic rings. The summed E-state index contributed by atoms with van der Waals surface area (Å²) in [5.74, 6) is -0.0744. The summed E-state index contributed by atoms with van der Waals surface area (Å²) in [6.45, 7) is 0.617. The van der Waals surface area contributed by atoms with Gasteiger partial charge in [0.05, 0.1) is 25.5 Å². The Hall–Kier alpha value is -4.00. The van der Waals surface area contributed by atoms with Crippen molar-refractivity contribution in [3.8, 4) is 11.5 Å². The van der Waals surface area contributed by atoms with Crippen LogP contribution in [0.2, 0.25) is 0 Å². The predicted octanol–water partition coefficient (Wildman–Crippen LogP) is 3.63. The second-order valence-electron chi connectivity index (χ2n) is 6.29. The number of anilines is 1. The van der Waals surface area contributed by atoms with Crippen LogP contribution in [-0.4, -0.2) is 39.4 Å². The lowest BCUT2D eigenvalue weighted by atomic mass is 10.1. The normalized spacial score (nSPS) is 12.9. The molecule has 3 rings (SSSR count). The van der Waals surface area contributed by atoms with Crippen LogP contribution in [0.3, 0.4) is 0 Å². The highest BCUT2D eigenvalue weighted by Gasteiger charge is 2.28. The zero-order chi connectivity index (χ0) is 22.1. The van der Waals surface area contributed by atoms with Crippen molar-refractivity contribution >= 4 is 17.6 Å². The van der Waals surface area contributed by atoms with Gasteiger partial charge in [0.1, 0.15) is 30.4 Å². The fraction of sp³-hybridized carbons (Fsp3) is 0.167. The zero-order valence-corrected chi connectivity index (χ0v) is 17.3. The van der Waals surface area contributed by atoms with Crippen LogP contribution in [0, 0.1) is 0 Å². The Bertz CT molecular complexity index is 1010. The largest absolute Gasteiger partial charge is 0.490 e. The third kappa shape index (κ3) is 5.33. The van der Waals surface area contributed by atoms with Crippen molar-refractivity contribution in [2.75, 3.05) is 32.3 Å². The number of nitrogens with zero attached hydrogens (tertiary/aromatic N) is 1. The lowest BCUT2D eigenvalue weighted by Crippen LogP contribution is -2.27. The first-order chi connectivity index (χ1) is 15.2. The standard InChI is InChI=1S/C24H23NO6/c1-28-23(26)19-12-8-9-15-25(22(19)24(27)29-2)20-13-6-7-14-21(20)31-17-16-30-18-10-4-3-5-11-18/h3-15H,16-17H2,1-2H3. The molecule has 2 aromatic carbocycles. The second-order valence-corrected chi connectivity index (χ2v) is 6.29. The number of esters is 2.